The Hall–Kier alpha value is -4.63. The van der Waals surface area contributed by atoms with Crippen LogP contribution in [0.25, 0.3) is 4.85 Å². The number of primary amides is 1. The first-order valence-corrected chi connectivity index (χ1v) is 16.8. The number of halogens is 1. The van der Waals surface area contributed by atoms with Crippen LogP contribution in [0.5, 0.6) is 5.75 Å². The van der Waals surface area contributed by atoms with E-state index in [0.29, 0.717) is 33.5 Å². The summed E-state index contributed by atoms with van der Waals surface area (Å²) in [6, 6.07) is 12.9. The van der Waals surface area contributed by atoms with Gasteiger partial charge in [0.05, 0.1) is 23.8 Å². The van der Waals surface area contributed by atoms with Crippen LogP contribution in [-0.4, -0.2) is 57.6 Å². The van der Waals surface area contributed by atoms with E-state index in [4.69, 9.17) is 26.8 Å². The number of anilines is 1. The van der Waals surface area contributed by atoms with E-state index in [1.807, 2.05) is 24.0 Å². The highest BCUT2D eigenvalue weighted by Crippen LogP contribution is 2.35. The maximum atomic E-state index is 14.5. The van der Waals surface area contributed by atoms with Crippen molar-refractivity contribution in [3.63, 3.8) is 0 Å². The Balaban J connectivity index is 1.17. The minimum Gasteiger partial charge on any atom is -0.488 e. The number of carbonyl (C=O) groups excluding carboxylic acids is 3. The highest BCUT2D eigenvalue weighted by Gasteiger charge is 2.37. The van der Waals surface area contributed by atoms with Gasteiger partial charge in [0.15, 0.2) is 5.69 Å². The number of ether oxygens (including phenoxy) is 2. The predicted octanol–water partition coefficient (Wildman–Crippen LogP) is 6.35. The van der Waals surface area contributed by atoms with Crippen molar-refractivity contribution in [1.29, 1.82) is 0 Å². The van der Waals surface area contributed by atoms with Gasteiger partial charge in [0.25, 0.3) is 5.91 Å². The van der Waals surface area contributed by atoms with Crippen LogP contribution in [0.1, 0.15) is 73.6 Å². The van der Waals surface area contributed by atoms with Crippen LogP contribution in [0, 0.1) is 19.3 Å². The summed E-state index contributed by atoms with van der Waals surface area (Å²) in [5, 5.41) is 1.26. The van der Waals surface area contributed by atoms with Crippen molar-refractivity contribution in [2.45, 2.75) is 88.4 Å². The maximum absolute atomic E-state index is 14.5. The van der Waals surface area contributed by atoms with Gasteiger partial charge >= 0.3 is 5.97 Å². The number of nitrogens with zero attached hydrogens (tertiary/aromatic N) is 4. The third kappa shape index (κ3) is 8.26. The zero-order valence-electron chi connectivity index (χ0n) is 27.6. The fraction of sp³-hybridized carbons (Fsp3) is 0.417. The molecule has 10 nitrogen and oxygen atoms in total. The van der Waals surface area contributed by atoms with E-state index in [0.717, 1.165) is 42.2 Å². The normalized spacial score (nSPS) is 15.5. The number of aromatic nitrogens is 1. The highest BCUT2D eigenvalue weighted by molar-refractivity contribution is 7.99. The van der Waals surface area contributed by atoms with E-state index in [1.54, 1.807) is 62.9 Å². The molecule has 0 aliphatic carbocycles. The number of nitrogens with two attached hydrogens (primary N) is 1. The molecule has 1 atom stereocenters. The van der Waals surface area contributed by atoms with Gasteiger partial charge in [-0.25, -0.2) is 14.2 Å². The molecule has 3 aromatic rings. The minimum absolute atomic E-state index is 0.0481. The standard InChI is InChI=1S/C36H40FN5O5S/c1-22-23(9-13-32(40-22)48-25-15-17-41(18-16-25)29-11-10-24(39-5)19-28(29)37)21-46-31-8-6-7-26-27(31)20-42(35(26)45)30(34(38)44)12-14-33(43)47-36(2,3)4/h6-11,13,19,25,30H,12,14-18,20-21H2,1-4H3,(H2,38,44)/t30-/m0/s1. The van der Waals surface area contributed by atoms with Crippen molar-refractivity contribution >= 4 is 40.9 Å². The van der Waals surface area contributed by atoms with Gasteiger partial charge in [-0.15, -0.1) is 11.8 Å². The number of hydrogen-bond donors (Lipinski definition) is 1. The molecule has 2 aliphatic heterocycles. The number of pyridine rings is 1. The lowest BCUT2D eigenvalue weighted by Gasteiger charge is -2.33. The fourth-order valence-corrected chi connectivity index (χ4v) is 7.08. The molecule has 0 unspecified atom stereocenters. The summed E-state index contributed by atoms with van der Waals surface area (Å²) in [5.74, 6) is -1.31. The summed E-state index contributed by atoms with van der Waals surface area (Å²) in [4.78, 5) is 49.5. The Morgan fingerprint density at radius 2 is 1.92 bits per heavy atom. The van der Waals surface area contributed by atoms with E-state index in [9.17, 15) is 18.8 Å². The molecule has 12 heteroatoms. The van der Waals surface area contributed by atoms with Crippen LogP contribution in [0.4, 0.5) is 15.8 Å². The second-order valence-corrected chi connectivity index (χ2v) is 14.3. The Morgan fingerprint density at radius 1 is 1.17 bits per heavy atom. The molecule has 0 spiro atoms. The Labute approximate surface area is 284 Å². The van der Waals surface area contributed by atoms with E-state index in [1.165, 1.54) is 11.0 Å². The largest absolute Gasteiger partial charge is 0.488 e. The molecule has 3 heterocycles. The number of esters is 1. The summed E-state index contributed by atoms with van der Waals surface area (Å²) in [5.41, 5.74) is 8.70. The fourth-order valence-electron chi connectivity index (χ4n) is 5.96. The van der Waals surface area contributed by atoms with Gasteiger partial charge in [-0.1, -0.05) is 18.2 Å². The number of benzene rings is 2. The molecule has 1 saturated heterocycles. The monoisotopic (exact) mass is 673 g/mol. The van der Waals surface area contributed by atoms with Crippen molar-refractivity contribution in [3.05, 3.63) is 88.1 Å². The first kappa shape index (κ1) is 34.7. The number of aryl methyl sites for hydroxylation is 1. The van der Waals surface area contributed by atoms with E-state index in [-0.39, 0.29) is 37.7 Å². The summed E-state index contributed by atoms with van der Waals surface area (Å²) in [7, 11) is 0. The van der Waals surface area contributed by atoms with Gasteiger partial charge < -0.3 is 25.0 Å². The Morgan fingerprint density at radius 3 is 2.56 bits per heavy atom. The van der Waals surface area contributed by atoms with Crippen molar-refractivity contribution in [2.24, 2.45) is 5.73 Å². The van der Waals surface area contributed by atoms with Crippen molar-refractivity contribution in [3.8, 4) is 5.75 Å². The Kier molecular flexibility index (Phi) is 10.6. The predicted molar refractivity (Wildman–Crippen MR) is 181 cm³/mol. The van der Waals surface area contributed by atoms with Gasteiger partial charge in [-0.2, -0.15) is 0 Å². The number of piperidine rings is 1. The molecule has 1 fully saturated rings. The van der Waals surface area contributed by atoms with Crippen molar-refractivity contribution < 1.29 is 28.2 Å². The average molecular weight is 674 g/mol. The molecule has 0 bridgehead atoms. The third-order valence-electron chi connectivity index (χ3n) is 8.38. The summed E-state index contributed by atoms with van der Waals surface area (Å²) >= 11 is 1.72. The highest BCUT2D eigenvalue weighted by atomic mass is 32.2. The van der Waals surface area contributed by atoms with Gasteiger partial charge in [0.2, 0.25) is 5.91 Å². The van der Waals surface area contributed by atoms with Gasteiger partial charge in [0.1, 0.15) is 29.8 Å². The zero-order valence-corrected chi connectivity index (χ0v) is 28.4. The Bertz CT molecular complexity index is 1750. The van der Waals surface area contributed by atoms with E-state index >= 15 is 0 Å². The molecular formula is C36H40FN5O5S. The first-order chi connectivity index (χ1) is 22.8. The van der Waals surface area contributed by atoms with Crippen LogP contribution in [0.3, 0.4) is 0 Å². The van der Waals surface area contributed by atoms with Crippen LogP contribution in [0.2, 0.25) is 0 Å². The van der Waals surface area contributed by atoms with E-state index < -0.39 is 23.5 Å². The quantitative estimate of drug-likeness (QED) is 0.185. The number of thioether (sulfide) groups is 1. The van der Waals surface area contributed by atoms with Gasteiger partial charge in [-0.05, 0) is 77.3 Å². The number of carbonyl (C=O) groups is 3. The minimum atomic E-state index is -0.966. The zero-order chi connectivity index (χ0) is 34.6. The van der Waals surface area contributed by atoms with Crippen LogP contribution < -0.4 is 15.4 Å². The topological polar surface area (TPSA) is 119 Å². The molecule has 0 saturated carbocycles. The van der Waals surface area contributed by atoms with Gasteiger partial charge in [0, 0.05) is 47.1 Å². The summed E-state index contributed by atoms with van der Waals surface area (Å²) < 4.78 is 26.1. The number of rotatable bonds is 11. The molecule has 0 radical (unpaired) electrons. The molecular weight excluding hydrogens is 633 g/mol. The molecule has 1 aromatic heterocycles. The third-order valence-corrected chi connectivity index (χ3v) is 9.66. The average Bonchev–Trinajstić information content (AvgIpc) is 3.36. The lowest BCUT2D eigenvalue weighted by atomic mass is 10.1. The second-order valence-electron chi connectivity index (χ2n) is 13.0. The summed E-state index contributed by atoms with van der Waals surface area (Å²) in [6.45, 7) is 16.1. The molecule has 5 rings (SSSR count). The van der Waals surface area contributed by atoms with Gasteiger partial charge in [-0.3, -0.25) is 14.4 Å². The van der Waals surface area contributed by atoms with Crippen LogP contribution in [0.15, 0.2) is 53.6 Å². The lowest BCUT2D eigenvalue weighted by Crippen LogP contribution is -2.45. The number of fused-ring (bicyclic) bond motifs is 1. The SMILES string of the molecule is [C-]#[N+]c1ccc(N2CCC(Sc3ccc(COc4cccc5c4CN([C@@H](CCC(=O)OC(C)(C)C)C(N)=O)C5=O)c(C)n3)CC2)c(F)c1. The lowest BCUT2D eigenvalue weighted by molar-refractivity contribution is -0.155. The second kappa shape index (κ2) is 14.6. The number of amides is 2. The molecule has 2 amide bonds. The molecule has 48 heavy (non-hydrogen) atoms. The molecule has 2 N–H and O–H groups in total. The van der Waals surface area contributed by atoms with Crippen molar-refractivity contribution in [2.75, 3.05) is 18.0 Å². The molecule has 2 aliphatic rings. The smallest absolute Gasteiger partial charge is 0.306 e. The molecule has 2 aromatic carbocycles. The van der Waals surface area contributed by atoms with E-state index in [2.05, 4.69) is 4.85 Å². The van der Waals surface area contributed by atoms with Crippen LogP contribution in [-0.2, 0) is 27.5 Å². The molecule has 252 valence electrons. The number of hydrogen-bond acceptors (Lipinski definition) is 8. The van der Waals surface area contributed by atoms with Crippen LogP contribution >= 0.6 is 11.8 Å². The summed E-state index contributed by atoms with van der Waals surface area (Å²) in [6.07, 6.45) is 1.78. The van der Waals surface area contributed by atoms with Crippen molar-refractivity contribution in [1.82, 2.24) is 9.88 Å². The maximum Gasteiger partial charge on any atom is 0.306 e. The first-order valence-electron chi connectivity index (χ1n) is 15.9.